The summed E-state index contributed by atoms with van der Waals surface area (Å²) in [6, 6.07) is 16.3. The van der Waals surface area contributed by atoms with Gasteiger partial charge in [-0.05, 0) is 67.5 Å². The minimum absolute atomic E-state index is 0.0296. The highest BCUT2D eigenvalue weighted by Crippen LogP contribution is 2.55. The SMILES string of the molecule is C[C@@H](Oc1cccc(-c2cccc(-n3ncc(C(=O)O)c3[C@@H]3C[C@H]3c3cn(C)nn3)c2)c1)C1CCCCC1. The molecule has 2 heterocycles. The van der Waals surface area contributed by atoms with Crippen LogP contribution < -0.4 is 4.74 Å². The fourth-order valence-electron chi connectivity index (χ4n) is 5.93. The molecular weight excluding hydrogens is 478 g/mol. The maximum Gasteiger partial charge on any atom is 0.339 e. The first-order chi connectivity index (χ1) is 18.5. The van der Waals surface area contributed by atoms with Gasteiger partial charge in [0.15, 0.2) is 0 Å². The topological polar surface area (TPSA) is 95.1 Å². The first-order valence-electron chi connectivity index (χ1n) is 13.5. The molecule has 1 N–H and O–H groups in total. The van der Waals surface area contributed by atoms with Gasteiger partial charge in [-0.3, -0.25) is 4.68 Å². The number of aromatic carboxylic acids is 1. The average molecular weight is 512 g/mol. The number of rotatable bonds is 8. The zero-order chi connectivity index (χ0) is 26.2. The Kier molecular flexibility index (Phi) is 6.47. The van der Waals surface area contributed by atoms with Crippen molar-refractivity contribution < 1.29 is 14.6 Å². The molecule has 2 aromatic carbocycles. The Morgan fingerprint density at radius 1 is 1.05 bits per heavy atom. The maximum atomic E-state index is 12.1. The molecule has 0 saturated heterocycles. The Hall–Kier alpha value is -3.94. The molecule has 8 nitrogen and oxygen atoms in total. The molecule has 4 aromatic rings. The fourth-order valence-corrected chi connectivity index (χ4v) is 5.93. The van der Waals surface area contributed by atoms with E-state index in [9.17, 15) is 9.90 Å². The lowest BCUT2D eigenvalue weighted by Gasteiger charge is -2.28. The lowest BCUT2D eigenvalue weighted by molar-refractivity contribution is 0.0695. The van der Waals surface area contributed by atoms with Crippen LogP contribution in [0.4, 0.5) is 0 Å². The van der Waals surface area contributed by atoms with E-state index >= 15 is 0 Å². The van der Waals surface area contributed by atoms with Crippen molar-refractivity contribution in [1.82, 2.24) is 24.8 Å². The molecule has 196 valence electrons. The van der Waals surface area contributed by atoms with Gasteiger partial charge in [0.1, 0.15) is 11.3 Å². The van der Waals surface area contributed by atoms with Crippen LogP contribution in [0.1, 0.15) is 79.0 Å². The van der Waals surface area contributed by atoms with Crippen molar-refractivity contribution in [2.75, 3.05) is 0 Å². The highest BCUT2D eigenvalue weighted by Gasteiger charge is 2.46. The zero-order valence-electron chi connectivity index (χ0n) is 21.8. The molecule has 0 unspecified atom stereocenters. The number of carboxylic acid groups (broad SMARTS) is 1. The van der Waals surface area contributed by atoms with Crippen LogP contribution in [0.15, 0.2) is 60.9 Å². The van der Waals surface area contributed by atoms with E-state index in [0.29, 0.717) is 11.6 Å². The average Bonchev–Trinajstić information content (AvgIpc) is 3.38. The lowest BCUT2D eigenvalue weighted by atomic mass is 9.86. The third kappa shape index (κ3) is 4.83. The molecule has 3 atom stereocenters. The van der Waals surface area contributed by atoms with E-state index in [0.717, 1.165) is 34.7 Å². The van der Waals surface area contributed by atoms with E-state index in [4.69, 9.17) is 4.74 Å². The van der Waals surface area contributed by atoms with Crippen molar-refractivity contribution in [3.8, 4) is 22.6 Å². The standard InChI is InChI=1S/C30H33N5O3/c1-19(20-8-4-3-5-9-20)38-24-13-7-11-22(15-24)21-10-6-12-23(14-21)35-29(27(17-31-35)30(36)37)26-16-25(26)28-18-34(2)33-32-28/h6-7,10-15,17-20,25-26H,3-5,8-9,16H2,1-2H3,(H,36,37)/t19-,25-,26-/m1/s1. The number of hydrogen-bond donors (Lipinski definition) is 1. The quantitative estimate of drug-likeness (QED) is 0.312. The normalized spacial score (nSPS) is 20.3. The molecule has 0 radical (unpaired) electrons. The number of carbonyl (C=O) groups is 1. The molecule has 2 aliphatic carbocycles. The largest absolute Gasteiger partial charge is 0.490 e. The number of nitrogens with zero attached hydrogens (tertiary/aromatic N) is 5. The van der Waals surface area contributed by atoms with Crippen molar-refractivity contribution in [3.63, 3.8) is 0 Å². The third-order valence-electron chi connectivity index (χ3n) is 8.07. The van der Waals surface area contributed by atoms with Gasteiger partial charge in [0.25, 0.3) is 0 Å². The summed E-state index contributed by atoms with van der Waals surface area (Å²) in [5, 5.41) is 22.7. The number of hydrogen-bond acceptors (Lipinski definition) is 5. The minimum Gasteiger partial charge on any atom is -0.490 e. The van der Waals surface area contributed by atoms with Gasteiger partial charge in [-0.2, -0.15) is 5.10 Å². The zero-order valence-corrected chi connectivity index (χ0v) is 21.8. The smallest absolute Gasteiger partial charge is 0.339 e. The second-order valence-electron chi connectivity index (χ2n) is 10.7. The number of aryl methyl sites for hydroxylation is 1. The van der Waals surface area contributed by atoms with Crippen molar-refractivity contribution in [2.24, 2.45) is 13.0 Å². The highest BCUT2D eigenvalue weighted by atomic mass is 16.5. The Labute approximate surface area is 222 Å². The second-order valence-corrected chi connectivity index (χ2v) is 10.7. The summed E-state index contributed by atoms with van der Waals surface area (Å²) in [6.45, 7) is 2.19. The number of carboxylic acids is 1. The Morgan fingerprint density at radius 2 is 1.82 bits per heavy atom. The van der Waals surface area contributed by atoms with E-state index in [1.54, 1.807) is 9.36 Å². The van der Waals surface area contributed by atoms with E-state index in [1.807, 2.05) is 37.5 Å². The summed E-state index contributed by atoms with van der Waals surface area (Å²) < 4.78 is 9.83. The van der Waals surface area contributed by atoms with E-state index in [-0.39, 0.29) is 23.5 Å². The van der Waals surface area contributed by atoms with Crippen LogP contribution in [0.25, 0.3) is 16.8 Å². The fraction of sp³-hybridized carbons (Fsp3) is 0.400. The first-order valence-corrected chi connectivity index (χ1v) is 13.5. The van der Waals surface area contributed by atoms with E-state index in [1.165, 1.54) is 38.3 Å². The molecule has 6 rings (SSSR count). The Bertz CT molecular complexity index is 1450. The summed E-state index contributed by atoms with van der Waals surface area (Å²) in [7, 11) is 1.84. The van der Waals surface area contributed by atoms with Gasteiger partial charge < -0.3 is 9.84 Å². The Morgan fingerprint density at radius 3 is 2.55 bits per heavy atom. The molecule has 0 spiro atoms. The predicted molar refractivity (Wildman–Crippen MR) is 144 cm³/mol. The predicted octanol–water partition coefficient (Wildman–Crippen LogP) is 5.98. The third-order valence-corrected chi connectivity index (χ3v) is 8.07. The maximum absolute atomic E-state index is 12.1. The summed E-state index contributed by atoms with van der Waals surface area (Å²) in [4.78, 5) is 12.1. The van der Waals surface area contributed by atoms with Crippen LogP contribution in [0.3, 0.4) is 0 Å². The summed E-state index contributed by atoms with van der Waals surface area (Å²) >= 11 is 0. The molecule has 2 aliphatic rings. The van der Waals surface area contributed by atoms with Crippen molar-refractivity contribution in [2.45, 2.75) is 63.4 Å². The molecule has 2 fully saturated rings. The first kappa shape index (κ1) is 24.4. The van der Waals surface area contributed by atoms with Gasteiger partial charge in [-0.1, -0.05) is 48.7 Å². The molecule has 0 amide bonds. The molecule has 2 saturated carbocycles. The van der Waals surface area contributed by atoms with E-state index < -0.39 is 5.97 Å². The molecule has 0 bridgehead atoms. The van der Waals surface area contributed by atoms with Crippen molar-refractivity contribution in [1.29, 1.82) is 0 Å². The number of benzene rings is 2. The van der Waals surface area contributed by atoms with Gasteiger partial charge in [0.2, 0.25) is 0 Å². The highest BCUT2D eigenvalue weighted by molar-refractivity contribution is 5.89. The number of aromatic nitrogens is 5. The van der Waals surface area contributed by atoms with Crippen LogP contribution in [-0.2, 0) is 7.05 Å². The van der Waals surface area contributed by atoms with Crippen LogP contribution in [0.5, 0.6) is 5.75 Å². The van der Waals surface area contributed by atoms with Crippen LogP contribution in [0.2, 0.25) is 0 Å². The van der Waals surface area contributed by atoms with Crippen molar-refractivity contribution in [3.05, 3.63) is 77.9 Å². The second kappa shape index (κ2) is 10.1. The molecule has 2 aromatic heterocycles. The summed E-state index contributed by atoms with van der Waals surface area (Å²) in [5.41, 5.74) is 4.74. The van der Waals surface area contributed by atoms with Crippen LogP contribution in [-0.4, -0.2) is 42.0 Å². The van der Waals surface area contributed by atoms with Crippen molar-refractivity contribution >= 4 is 5.97 Å². The lowest BCUT2D eigenvalue weighted by Crippen LogP contribution is -2.25. The Balaban J connectivity index is 1.28. The molecular formula is C30H33N5O3. The van der Waals surface area contributed by atoms with Crippen LogP contribution >= 0.6 is 0 Å². The monoisotopic (exact) mass is 511 g/mol. The van der Waals surface area contributed by atoms with Gasteiger partial charge in [0, 0.05) is 25.1 Å². The molecule has 8 heteroatoms. The van der Waals surface area contributed by atoms with E-state index in [2.05, 4.69) is 46.6 Å². The summed E-state index contributed by atoms with van der Waals surface area (Å²) in [6.07, 6.45) is 10.8. The van der Waals surface area contributed by atoms with Gasteiger partial charge in [-0.25, -0.2) is 9.48 Å². The molecule has 38 heavy (non-hydrogen) atoms. The summed E-state index contributed by atoms with van der Waals surface area (Å²) in [5.74, 6) is 0.695. The van der Waals surface area contributed by atoms with Gasteiger partial charge in [-0.15, -0.1) is 5.10 Å². The minimum atomic E-state index is -0.968. The van der Waals surface area contributed by atoms with Gasteiger partial charge >= 0.3 is 5.97 Å². The van der Waals surface area contributed by atoms with Crippen LogP contribution in [0, 0.1) is 5.92 Å². The number of ether oxygens (including phenoxy) is 1. The molecule has 0 aliphatic heterocycles. The van der Waals surface area contributed by atoms with Gasteiger partial charge in [0.05, 0.1) is 29.4 Å².